The zero-order valence-electron chi connectivity index (χ0n) is 14.5. The Kier molecular flexibility index (Phi) is 4.88. The zero-order valence-corrected chi connectivity index (χ0v) is 15.4. The molecule has 0 aromatic heterocycles. The highest BCUT2D eigenvalue weighted by molar-refractivity contribution is 8.01. The Balaban J connectivity index is 1.57. The van der Waals surface area contributed by atoms with E-state index >= 15 is 0 Å². The molecule has 0 bridgehead atoms. The molecule has 1 atom stereocenters. The lowest BCUT2D eigenvalue weighted by atomic mass is 10.0. The molecule has 0 spiro atoms. The molecule has 0 unspecified atom stereocenters. The topological polar surface area (TPSA) is 52.6 Å². The second kappa shape index (κ2) is 6.76. The van der Waals surface area contributed by atoms with Crippen LogP contribution in [-0.2, 0) is 9.59 Å². The SMILES string of the molecule is CC(C)(C)N1CCN(C(=O)C[C@@H]2Sc3ccccc3NC2=O)CC1. The van der Waals surface area contributed by atoms with Gasteiger partial charge in [-0.25, -0.2) is 0 Å². The van der Waals surface area contributed by atoms with Gasteiger partial charge >= 0.3 is 0 Å². The third-order valence-electron chi connectivity index (χ3n) is 4.65. The number of fused-ring (bicyclic) bond motifs is 1. The van der Waals surface area contributed by atoms with Gasteiger partial charge in [0.1, 0.15) is 0 Å². The molecule has 1 saturated heterocycles. The molecule has 3 rings (SSSR count). The van der Waals surface area contributed by atoms with Gasteiger partial charge in [-0.3, -0.25) is 14.5 Å². The summed E-state index contributed by atoms with van der Waals surface area (Å²) in [4.78, 5) is 30.2. The Labute approximate surface area is 147 Å². The molecule has 0 radical (unpaired) electrons. The Morgan fingerprint density at radius 3 is 2.54 bits per heavy atom. The molecule has 5 nitrogen and oxygen atoms in total. The molecular formula is C18H25N3O2S. The van der Waals surface area contributed by atoms with Gasteiger partial charge in [-0.05, 0) is 32.9 Å². The van der Waals surface area contributed by atoms with Crippen molar-refractivity contribution in [3.63, 3.8) is 0 Å². The number of nitrogens with one attached hydrogen (secondary N) is 1. The molecule has 2 aliphatic rings. The van der Waals surface area contributed by atoms with Crippen LogP contribution >= 0.6 is 11.8 Å². The third kappa shape index (κ3) is 3.75. The number of anilines is 1. The summed E-state index contributed by atoms with van der Waals surface area (Å²) in [5.41, 5.74) is 0.979. The number of rotatable bonds is 2. The molecule has 130 valence electrons. The van der Waals surface area contributed by atoms with E-state index in [-0.39, 0.29) is 29.0 Å². The molecule has 1 aromatic rings. The van der Waals surface area contributed by atoms with E-state index in [4.69, 9.17) is 0 Å². The van der Waals surface area contributed by atoms with Gasteiger partial charge in [0, 0.05) is 43.0 Å². The fourth-order valence-electron chi connectivity index (χ4n) is 3.14. The van der Waals surface area contributed by atoms with Gasteiger partial charge in [0.2, 0.25) is 11.8 Å². The van der Waals surface area contributed by atoms with Crippen molar-refractivity contribution in [2.45, 2.75) is 42.9 Å². The maximum atomic E-state index is 12.6. The summed E-state index contributed by atoms with van der Waals surface area (Å²) in [5, 5.41) is 2.57. The van der Waals surface area contributed by atoms with Crippen LogP contribution in [0.25, 0.3) is 0 Å². The number of carbonyl (C=O) groups is 2. The first-order chi connectivity index (χ1) is 11.3. The number of nitrogens with zero attached hydrogens (tertiary/aromatic N) is 2. The van der Waals surface area contributed by atoms with E-state index in [9.17, 15) is 9.59 Å². The fraction of sp³-hybridized carbons (Fsp3) is 0.556. The molecule has 0 aliphatic carbocycles. The van der Waals surface area contributed by atoms with E-state index in [0.29, 0.717) is 0 Å². The first kappa shape index (κ1) is 17.3. The normalized spacial score (nSPS) is 22.0. The second-order valence-electron chi connectivity index (χ2n) is 7.33. The molecule has 0 saturated carbocycles. The van der Waals surface area contributed by atoms with Crippen molar-refractivity contribution >= 4 is 29.3 Å². The van der Waals surface area contributed by atoms with Crippen LogP contribution in [0.2, 0.25) is 0 Å². The lowest BCUT2D eigenvalue weighted by Gasteiger charge is -2.42. The van der Waals surface area contributed by atoms with Crippen molar-refractivity contribution in [3.05, 3.63) is 24.3 Å². The summed E-state index contributed by atoms with van der Waals surface area (Å²) in [6.45, 7) is 9.86. The van der Waals surface area contributed by atoms with Crippen molar-refractivity contribution in [1.82, 2.24) is 9.80 Å². The lowest BCUT2D eigenvalue weighted by Crippen LogP contribution is -2.55. The minimum atomic E-state index is -0.340. The smallest absolute Gasteiger partial charge is 0.238 e. The van der Waals surface area contributed by atoms with Crippen molar-refractivity contribution in [3.8, 4) is 0 Å². The summed E-state index contributed by atoms with van der Waals surface area (Å²) in [6.07, 6.45) is 0.264. The van der Waals surface area contributed by atoms with Crippen molar-refractivity contribution < 1.29 is 9.59 Å². The highest BCUT2D eigenvalue weighted by atomic mass is 32.2. The Morgan fingerprint density at radius 2 is 1.88 bits per heavy atom. The maximum absolute atomic E-state index is 12.6. The number of amides is 2. The van der Waals surface area contributed by atoms with Gasteiger partial charge in [-0.15, -0.1) is 11.8 Å². The van der Waals surface area contributed by atoms with Gasteiger partial charge in [0.25, 0.3) is 0 Å². The van der Waals surface area contributed by atoms with E-state index in [1.807, 2.05) is 29.2 Å². The molecule has 1 N–H and O–H groups in total. The number of piperazine rings is 1. The Morgan fingerprint density at radius 1 is 1.21 bits per heavy atom. The number of carbonyl (C=O) groups excluding carboxylic acids is 2. The third-order valence-corrected chi connectivity index (χ3v) is 5.92. The van der Waals surface area contributed by atoms with Crippen molar-refractivity contribution in [1.29, 1.82) is 0 Å². The van der Waals surface area contributed by atoms with E-state index < -0.39 is 0 Å². The van der Waals surface area contributed by atoms with Gasteiger partial charge < -0.3 is 10.2 Å². The Hall–Kier alpha value is -1.53. The maximum Gasteiger partial charge on any atom is 0.238 e. The lowest BCUT2D eigenvalue weighted by molar-refractivity contribution is -0.134. The number of benzene rings is 1. The minimum absolute atomic E-state index is 0.0691. The predicted octanol–water partition coefficient (Wildman–Crippen LogP) is 2.43. The average Bonchev–Trinajstić information content (AvgIpc) is 2.55. The molecule has 1 aromatic carbocycles. The summed E-state index contributed by atoms with van der Waals surface area (Å²) in [5.74, 6) is 0.0102. The van der Waals surface area contributed by atoms with Gasteiger partial charge in [0.05, 0.1) is 10.9 Å². The second-order valence-corrected chi connectivity index (χ2v) is 8.58. The van der Waals surface area contributed by atoms with E-state index in [2.05, 4.69) is 31.0 Å². The number of hydrogen-bond acceptors (Lipinski definition) is 4. The summed E-state index contributed by atoms with van der Waals surface area (Å²) < 4.78 is 0. The molecule has 2 amide bonds. The number of para-hydroxylation sites is 1. The van der Waals surface area contributed by atoms with Gasteiger partial charge in [-0.1, -0.05) is 12.1 Å². The standard InChI is InChI=1S/C18H25N3O2S/c1-18(2,3)21-10-8-20(9-11-21)16(22)12-15-17(23)19-13-6-4-5-7-14(13)24-15/h4-7,15H,8-12H2,1-3H3,(H,19,23)/t15-/m0/s1. The van der Waals surface area contributed by atoms with Crippen molar-refractivity contribution in [2.24, 2.45) is 0 Å². The quantitative estimate of drug-likeness (QED) is 0.893. The van der Waals surface area contributed by atoms with Crippen LogP contribution in [0, 0.1) is 0 Å². The Bertz CT molecular complexity index is 633. The van der Waals surface area contributed by atoms with Crippen LogP contribution in [0.1, 0.15) is 27.2 Å². The predicted molar refractivity (Wildman–Crippen MR) is 97.2 cm³/mol. The highest BCUT2D eigenvalue weighted by Gasteiger charge is 2.32. The summed E-state index contributed by atoms with van der Waals surface area (Å²) in [6, 6.07) is 7.73. The van der Waals surface area contributed by atoms with E-state index in [1.165, 1.54) is 11.8 Å². The summed E-state index contributed by atoms with van der Waals surface area (Å²) in [7, 11) is 0. The van der Waals surface area contributed by atoms with Gasteiger partial charge in [0.15, 0.2) is 0 Å². The van der Waals surface area contributed by atoms with E-state index in [0.717, 1.165) is 36.8 Å². The van der Waals surface area contributed by atoms with Crippen LogP contribution in [-0.4, -0.2) is 58.6 Å². The molecule has 2 aliphatic heterocycles. The van der Waals surface area contributed by atoms with Crippen LogP contribution in [0.3, 0.4) is 0 Å². The average molecular weight is 347 g/mol. The van der Waals surface area contributed by atoms with Crippen molar-refractivity contribution in [2.75, 3.05) is 31.5 Å². The van der Waals surface area contributed by atoms with Crippen LogP contribution < -0.4 is 5.32 Å². The van der Waals surface area contributed by atoms with Crippen LogP contribution in [0.4, 0.5) is 5.69 Å². The highest BCUT2D eigenvalue weighted by Crippen LogP contribution is 2.36. The first-order valence-electron chi connectivity index (χ1n) is 8.44. The molecule has 24 heavy (non-hydrogen) atoms. The van der Waals surface area contributed by atoms with E-state index in [1.54, 1.807) is 0 Å². The molecule has 6 heteroatoms. The number of thioether (sulfide) groups is 1. The van der Waals surface area contributed by atoms with Crippen LogP contribution in [0.5, 0.6) is 0 Å². The minimum Gasteiger partial charge on any atom is -0.340 e. The fourth-order valence-corrected chi connectivity index (χ4v) is 4.24. The molecule has 1 fully saturated rings. The number of hydrogen-bond donors (Lipinski definition) is 1. The molecule has 2 heterocycles. The van der Waals surface area contributed by atoms with Gasteiger partial charge in [-0.2, -0.15) is 0 Å². The van der Waals surface area contributed by atoms with Crippen LogP contribution in [0.15, 0.2) is 29.2 Å². The largest absolute Gasteiger partial charge is 0.340 e. The molecular weight excluding hydrogens is 322 g/mol. The summed E-state index contributed by atoms with van der Waals surface area (Å²) >= 11 is 1.49. The zero-order chi connectivity index (χ0) is 17.3. The first-order valence-corrected chi connectivity index (χ1v) is 9.32. The monoisotopic (exact) mass is 347 g/mol.